The van der Waals surface area contributed by atoms with E-state index in [-0.39, 0.29) is 12.2 Å². The molecule has 0 bridgehead atoms. The standard InChI is InChI=1S/C19H18N2O3/c22-17(13-2-5-20-6-3-13)12-16-15-11-19-18(23-8-1-9-24-19)10-14(15)4-7-21-16/h2-3,5-6,10-11H,1,4,7-9,12H2. The molecule has 1 aromatic heterocycles. The van der Waals surface area contributed by atoms with E-state index in [2.05, 4.69) is 9.98 Å². The van der Waals surface area contributed by atoms with Crippen LogP contribution < -0.4 is 9.47 Å². The van der Waals surface area contributed by atoms with Gasteiger partial charge in [-0.1, -0.05) is 0 Å². The van der Waals surface area contributed by atoms with Crippen LogP contribution in [0.25, 0.3) is 0 Å². The number of ketones is 1. The highest BCUT2D eigenvalue weighted by molar-refractivity contribution is 6.16. The average molecular weight is 322 g/mol. The number of ether oxygens (including phenoxy) is 2. The number of hydrogen-bond donors (Lipinski definition) is 0. The van der Waals surface area contributed by atoms with Gasteiger partial charge >= 0.3 is 0 Å². The summed E-state index contributed by atoms with van der Waals surface area (Å²) in [5.74, 6) is 1.60. The van der Waals surface area contributed by atoms with Crippen molar-refractivity contribution in [1.29, 1.82) is 0 Å². The van der Waals surface area contributed by atoms with Crippen LogP contribution >= 0.6 is 0 Å². The molecule has 2 aromatic rings. The number of hydrogen-bond acceptors (Lipinski definition) is 5. The predicted molar refractivity (Wildman–Crippen MR) is 90.3 cm³/mol. The lowest BCUT2D eigenvalue weighted by molar-refractivity contribution is 0.100. The Balaban J connectivity index is 1.64. The number of carbonyl (C=O) groups excluding carboxylic acids is 1. The van der Waals surface area contributed by atoms with Crippen LogP contribution in [0.15, 0.2) is 41.7 Å². The fraction of sp³-hybridized carbons (Fsp3) is 0.316. The predicted octanol–water partition coefficient (Wildman–Crippen LogP) is 2.86. The quantitative estimate of drug-likeness (QED) is 0.815. The fourth-order valence-electron chi connectivity index (χ4n) is 3.07. The Labute approximate surface area is 140 Å². The molecule has 3 heterocycles. The Hall–Kier alpha value is -2.69. The van der Waals surface area contributed by atoms with E-state index in [4.69, 9.17) is 9.47 Å². The minimum atomic E-state index is 0.0520. The van der Waals surface area contributed by atoms with Crippen molar-refractivity contribution in [3.63, 3.8) is 0 Å². The number of rotatable bonds is 3. The number of aliphatic imine (C=N–C) groups is 1. The molecule has 0 saturated heterocycles. The van der Waals surface area contributed by atoms with Crippen molar-refractivity contribution in [3.8, 4) is 11.5 Å². The number of fused-ring (bicyclic) bond motifs is 2. The molecule has 0 fully saturated rings. The molecular weight excluding hydrogens is 304 g/mol. The van der Waals surface area contributed by atoms with Gasteiger partial charge in [0.25, 0.3) is 0 Å². The van der Waals surface area contributed by atoms with Crippen LogP contribution in [-0.4, -0.2) is 36.2 Å². The van der Waals surface area contributed by atoms with Crippen LogP contribution in [0.5, 0.6) is 11.5 Å². The molecule has 2 aliphatic heterocycles. The lowest BCUT2D eigenvalue weighted by atomic mass is 9.93. The molecule has 24 heavy (non-hydrogen) atoms. The van der Waals surface area contributed by atoms with Crippen LogP contribution in [0.4, 0.5) is 0 Å². The van der Waals surface area contributed by atoms with Gasteiger partial charge in [0, 0.05) is 36.5 Å². The third-order valence-electron chi connectivity index (χ3n) is 4.30. The molecule has 4 rings (SSSR count). The maximum absolute atomic E-state index is 12.5. The smallest absolute Gasteiger partial charge is 0.168 e. The van der Waals surface area contributed by atoms with Crippen molar-refractivity contribution in [2.75, 3.05) is 19.8 Å². The summed E-state index contributed by atoms with van der Waals surface area (Å²) in [5.41, 5.74) is 3.67. The van der Waals surface area contributed by atoms with Crippen LogP contribution in [0, 0.1) is 0 Å². The monoisotopic (exact) mass is 322 g/mol. The van der Waals surface area contributed by atoms with E-state index in [9.17, 15) is 4.79 Å². The first kappa shape index (κ1) is 14.9. The molecule has 0 spiro atoms. The highest BCUT2D eigenvalue weighted by Gasteiger charge is 2.22. The number of pyridine rings is 1. The molecule has 5 nitrogen and oxygen atoms in total. The van der Waals surface area contributed by atoms with Gasteiger partial charge in [-0.05, 0) is 36.2 Å². The summed E-state index contributed by atoms with van der Waals surface area (Å²) in [6, 6.07) is 7.50. The first-order valence-electron chi connectivity index (χ1n) is 8.21. The molecular formula is C19H18N2O3. The van der Waals surface area contributed by atoms with Crippen LogP contribution in [-0.2, 0) is 6.42 Å². The van der Waals surface area contributed by atoms with Gasteiger partial charge in [-0.3, -0.25) is 14.8 Å². The van der Waals surface area contributed by atoms with E-state index >= 15 is 0 Å². The zero-order valence-corrected chi connectivity index (χ0v) is 13.3. The number of nitrogens with zero attached hydrogens (tertiary/aromatic N) is 2. The summed E-state index contributed by atoms with van der Waals surface area (Å²) < 4.78 is 11.5. The van der Waals surface area contributed by atoms with Gasteiger partial charge in [-0.2, -0.15) is 0 Å². The van der Waals surface area contributed by atoms with Gasteiger partial charge in [-0.25, -0.2) is 0 Å². The Morgan fingerprint density at radius 2 is 1.83 bits per heavy atom. The first-order valence-corrected chi connectivity index (χ1v) is 8.21. The zero-order chi connectivity index (χ0) is 16.4. The molecule has 0 atom stereocenters. The van der Waals surface area contributed by atoms with Crippen molar-refractivity contribution < 1.29 is 14.3 Å². The largest absolute Gasteiger partial charge is 0.490 e. The Kier molecular flexibility index (Phi) is 3.99. The number of benzene rings is 1. The molecule has 1 aromatic carbocycles. The second-order valence-electron chi connectivity index (χ2n) is 5.92. The second kappa shape index (κ2) is 6.43. The third kappa shape index (κ3) is 2.89. The Morgan fingerprint density at radius 1 is 1.08 bits per heavy atom. The minimum Gasteiger partial charge on any atom is -0.490 e. The van der Waals surface area contributed by atoms with Crippen LogP contribution in [0.1, 0.15) is 34.3 Å². The average Bonchev–Trinajstić information content (AvgIpc) is 2.86. The lowest BCUT2D eigenvalue weighted by Crippen LogP contribution is -2.17. The molecule has 5 heteroatoms. The molecule has 0 aliphatic carbocycles. The molecule has 0 radical (unpaired) electrons. The number of carbonyl (C=O) groups is 1. The highest BCUT2D eigenvalue weighted by atomic mass is 16.5. The normalized spacial score (nSPS) is 15.9. The van der Waals surface area contributed by atoms with Gasteiger partial charge in [0.05, 0.1) is 25.3 Å². The zero-order valence-electron chi connectivity index (χ0n) is 13.3. The fourth-order valence-corrected chi connectivity index (χ4v) is 3.07. The van der Waals surface area contributed by atoms with Crippen LogP contribution in [0.2, 0.25) is 0 Å². The lowest BCUT2D eigenvalue weighted by Gasteiger charge is -2.19. The van der Waals surface area contributed by atoms with Crippen molar-refractivity contribution in [2.24, 2.45) is 4.99 Å². The Morgan fingerprint density at radius 3 is 2.62 bits per heavy atom. The van der Waals surface area contributed by atoms with Gasteiger partial charge in [0.1, 0.15) is 0 Å². The summed E-state index contributed by atoms with van der Waals surface area (Å²) in [6.07, 6.45) is 5.29. The summed E-state index contributed by atoms with van der Waals surface area (Å²) >= 11 is 0. The Bertz CT molecular complexity index is 800. The molecule has 122 valence electrons. The van der Waals surface area contributed by atoms with Gasteiger partial charge in [-0.15, -0.1) is 0 Å². The minimum absolute atomic E-state index is 0.0520. The van der Waals surface area contributed by atoms with E-state index in [1.54, 1.807) is 24.5 Å². The third-order valence-corrected chi connectivity index (χ3v) is 4.30. The van der Waals surface area contributed by atoms with E-state index in [0.717, 1.165) is 35.6 Å². The molecule has 0 unspecified atom stereocenters. The van der Waals surface area contributed by atoms with E-state index < -0.39 is 0 Å². The summed E-state index contributed by atoms with van der Waals surface area (Å²) in [5, 5.41) is 0. The SMILES string of the molecule is O=C(CC1=NCCc2cc3c(cc21)OCCCO3)c1ccncc1. The number of Topliss-reactive ketones (excluding diaryl/α,β-unsaturated/α-hetero) is 1. The van der Waals surface area contributed by atoms with Gasteiger partial charge < -0.3 is 9.47 Å². The summed E-state index contributed by atoms with van der Waals surface area (Å²) in [4.78, 5) is 21.0. The summed E-state index contributed by atoms with van der Waals surface area (Å²) in [6.45, 7) is 2.02. The van der Waals surface area contributed by atoms with Gasteiger partial charge in [0.15, 0.2) is 17.3 Å². The molecule has 0 N–H and O–H groups in total. The van der Waals surface area contributed by atoms with Crippen molar-refractivity contribution >= 4 is 11.5 Å². The van der Waals surface area contributed by atoms with Crippen molar-refractivity contribution in [2.45, 2.75) is 19.3 Å². The second-order valence-corrected chi connectivity index (χ2v) is 5.92. The molecule has 0 amide bonds. The number of aromatic nitrogens is 1. The maximum Gasteiger partial charge on any atom is 0.168 e. The molecule has 2 aliphatic rings. The van der Waals surface area contributed by atoms with Crippen LogP contribution in [0.3, 0.4) is 0 Å². The highest BCUT2D eigenvalue weighted by Crippen LogP contribution is 2.35. The van der Waals surface area contributed by atoms with E-state index in [0.29, 0.717) is 25.3 Å². The van der Waals surface area contributed by atoms with E-state index in [1.807, 2.05) is 12.1 Å². The van der Waals surface area contributed by atoms with E-state index in [1.165, 1.54) is 5.56 Å². The topological polar surface area (TPSA) is 60.8 Å². The van der Waals surface area contributed by atoms with Gasteiger partial charge in [0.2, 0.25) is 0 Å². The maximum atomic E-state index is 12.5. The van der Waals surface area contributed by atoms with Crippen molar-refractivity contribution in [1.82, 2.24) is 4.98 Å². The van der Waals surface area contributed by atoms with Crippen molar-refractivity contribution in [3.05, 3.63) is 53.3 Å². The first-order chi connectivity index (χ1) is 11.8. The summed E-state index contributed by atoms with van der Waals surface area (Å²) in [7, 11) is 0. The molecule has 0 saturated carbocycles.